The average Bonchev–Trinajstić information content (AvgIpc) is 2.78. The van der Waals surface area contributed by atoms with Gasteiger partial charge >= 0.3 is 18.3 Å². The number of hydrogen-bond acceptors (Lipinski definition) is 2. The summed E-state index contributed by atoms with van der Waals surface area (Å²) in [7, 11) is 0. The number of aliphatic carboxylic acids is 1. The van der Waals surface area contributed by atoms with Crippen LogP contribution in [-0.2, 0) is 11.0 Å². The fourth-order valence-corrected chi connectivity index (χ4v) is 5.44. The lowest BCUT2D eigenvalue weighted by Gasteiger charge is -2.44. The molecule has 0 saturated carbocycles. The van der Waals surface area contributed by atoms with Crippen molar-refractivity contribution in [1.29, 1.82) is 0 Å². The van der Waals surface area contributed by atoms with Gasteiger partial charge in [0, 0.05) is 24.9 Å². The van der Waals surface area contributed by atoms with E-state index in [9.17, 15) is 36.2 Å². The molecule has 2 aliphatic rings. The van der Waals surface area contributed by atoms with E-state index in [4.69, 9.17) is 0 Å². The van der Waals surface area contributed by atoms with Gasteiger partial charge in [-0.1, -0.05) is 23.8 Å². The van der Waals surface area contributed by atoms with Gasteiger partial charge in [-0.25, -0.2) is 0 Å². The number of alkyl halides is 6. The van der Waals surface area contributed by atoms with E-state index in [1.807, 2.05) is 4.90 Å². The largest absolute Gasteiger partial charge is 0.481 e. The number of piperidine rings is 1. The number of halogens is 6. The number of likely N-dealkylation sites (tertiary alicyclic amines) is 1. The van der Waals surface area contributed by atoms with Crippen molar-refractivity contribution < 1.29 is 36.2 Å². The highest BCUT2D eigenvalue weighted by molar-refractivity contribution is 5.67. The van der Waals surface area contributed by atoms with Crippen molar-refractivity contribution in [2.24, 2.45) is 5.92 Å². The van der Waals surface area contributed by atoms with Crippen molar-refractivity contribution in [2.75, 3.05) is 6.54 Å². The predicted octanol–water partition coefficient (Wildman–Crippen LogP) is 7.92. The zero-order valence-electron chi connectivity index (χ0n) is 19.7. The van der Waals surface area contributed by atoms with Gasteiger partial charge in [-0.2, -0.15) is 26.3 Å². The molecule has 1 saturated heterocycles. The fraction of sp³-hybridized carbons (Fsp3) is 0.654. The van der Waals surface area contributed by atoms with Gasteiger partial charge in [0.2, 0.25) is 0 Å². The Morgan fingerprint density at radius 1 is 1.06 bits per heavy atom. The molecule has 196 valence electrons. The summed E-state index contributed by atoms with van der Waals surface area (Å²) >= 11 is 0. The van der Waals surface area contributed by atoms with Crippen LogP contribution in [0.3, 0.4) is 0 Å². The summed E-state index contributed by atoms with van der Waals surface area (Å²) in [6.07, 6.45) is -1.37. The van der Waals surface area contributed by atoms with E-state index in [0.29, 0.717) is 37.8 Å². The van der Waals surface area contributed by atoms with Gasteiger partial charge in [0.1, 0.15) is 0 Å². The lowest BCUT2D eigenvalue weighted by Crippen LogP contribution is -2.44. The Balaban J connectivity index is 1.85. The molecule has 0 bridgehead atoms. The highest BCUT2D eigenvalue weighted by Crippen LogP contribution is 2.41. The minimum atomic E-state index is -4.49. The SMILES string of the molecule is O=C(O)CC1CCN([C@H](CCC2=CCCCC2)CCC(F)(F)F)[C@H](c2ccc(C(F)(F)F)cc2)C1. The molecule has 1 aliphatic carbocycles. The normalized spacial score (nSPS) is 23.1. The molecule has 35 heavy (non-hydrogen) atoms. The molecular formula is C26H33F6NO2. The minimum Gasteiger partial charge on any atom is -0.481 e. The second kappa shape index (κ2) is 11.8. The second-order valence-electron chi connectivity index (χ2n) is 9.82. The molecule has 1 N–H and O–H groups in total. The summed E-state index contributed by atoms with van der Waals surface area (Å²) in [6, 6.07) is 3.94. The Hall–Kier alpha value is -2.03. The van der Waals surface area contributed by atoms with Gasteiger partial charge in [-0.3, -0.25) is 9.69 Å². The van der Waals surface area contributed by atoms with E-state index < -0.39 is 42.4 Å². The van der Waals surface area contributed by atoms with Crippen molar-refractivity contribution in [2.45, 2.75) is 95.1 Å². The van der Waals surface area contributed by atoms with Gasteiger partial charge in [0.05, 0.1) is 5.56 Å². The number of rotatable bonds is 9. The standard InChI is InChI=1S/C26H33F6NO2/c27-25(28,29)14-12-22(11-6-18-4-2-1-3-5-18)33-15-13-19(17-24(34)35)16-23(33)20-7-9-21(10-8-20)26(30,31)32/h4,7-10,19,22-23H,1-3,5-6,11-17H2,(H,34,35)/t19?,22-,23+/m1/s1. The Labute approximate surface area is 202 Å². The van der Waals surface area contributed by atoms with Crippen molar-refractivity contribution >= 4 is 5.97 Å². The van der Waals surface area contributed by atoms with Gasteiger partial charge in [0.15, 0.2) is 0 Å². The fourth-order valence-electron chi connectivity index (χ4n) is 5.44. The van der Waals surface area contributed by atoms with Crippen molar-refractivity contribution in [3.05, 3.63) is 47.0 Å². The van der Waals surface area contributed by atoms with Crippen molar-refractivity contribution in [3.63, 3.8) is 0 Å². The third kappa shape index (κ3) is 8.54. The zero-order valence-corrected chi connectivity index (χ0v) is 19.7. The zero-order chi connectivity index (χ0) is 25.6. The molecule has 1 aromatic rings. The van der Waals surface area contributed by atoms with Gasteiger partial charge in [-0.15, -0.1) is 0 Å². The smallest absolute Gasteiger partial charge is 0.416 e. The highest BCUT2D eigenvalue weighted by atomic mass is 19.4. The van der Waals surface area contributed by atoms with Crippen LogP contribution in [0.25, 0.3) is 0 Å². The van der Waals surface area contributed by atoms with Crippen LogP contribution in [0.1, 0.15) is 87.8 Å². The highest BCUT2D eigenvalue weighted by Gasteiger charge is 2.37. The van der Waals surface area contributed by atoms with E-state index in [1.165, 1.54) is 17.7 Å². The van der Waals surface area contributed by atoms with Crippen LogP contribution in [0.4, 0.5) is 26.3 Å². The minimum absolute atomic E-state index is 0.0644. The van der Waals surface area contributed by atoms with E-state index >= 15 is 0 Å². The molecular weight excluding hydrogens is 472 g/mol. The van der Waals surface area contributed by atoms with E-state index in [1.54, 1.807) is 0 Å². The molecule has 0 aromatic heterocycles. The molecule has 3 nitrogen and oxygen atoms in total. The Bertz CT molecular complexity index is 862. The van der Waals surface area contributed by atoms with Gasteiger partial charge in [0.25, 0.3) is 0 Å². The van der Waals surface area contributed by atoms with Gasteiger partial charge < -0.3 is 5.11 Å². The number of carboxylic acids is 1. The number of carboxylic acid groups (broad SMARTS) is 1. The van der Waals surface area contributed by atoms with E-state index in [0.717, 1.165) is 37.8 Å². The summed E-state index contributed by atoms with van der Waals surface area (Å²) in [5.74, 6) is -1.13. The molecule has 1 fully saturated rings. The first-order valence-corrected chi connectivity index (χ1v) is 12.3. The Morgan fingerprint density at radius 2 is 1.77 bits per heavy atom. The first-order chi connectivity index (χ1) is 16.4. The summed E-state index contributed by atoms with van der Waals surface area (Å²) < 4.78 is 78.7. The Kier molecular flexibility index (Phi) is 9.29. The summed E-state index contributed by atoms with van der Waals surface area (Å²) in [6.45, 7) is 0.422. The van der Waals surface area contributed by atoms with Crippen molar-refractivity contribution in [3.8, 4) is 0 Å². The van der Waals surface area contributed by atoms with Crippen LogP contribution < -0.4 is 0 Å². The van der Waals surface area contributed by atoms with Crippen LogP contribution in [-0.4, -0.2) is 34.7 Å². The van der Waals surface area contributed by atoms with Crippen LogP contribution in [0.15, 0.2) is 35.9 Å². The molecule has 3 atom stereocenters. The molecule has 1 heterocycles. The maximum atomic E-state index is 13.2. The van der Waals surface area contributed by atoms with E-state index in [-0.39, 0.29) is 18.8 Å². The summed E-state index contributed by atoms with van der Waals surface area (Å²) in [4.78, 5) is 13.3. The topological polar surface area (TPSA) is 40.5 Å². The number of hydrogen-bond donors (Lipinski definition) is 1. The first-order valence-electron chi connectivity index (χ1n) is 12.3. The quantitative estimate of drug-likeness (QED) is 0.274. The van der Waals surface area contributed by atoms with Gasteiger partial charge in [-0.05, 0) is 87.9 Å². The predicted molar refractivity (Wildman–Crippen MR) is 121 cm³/mol. The lowest BCUT2D eigenvalue weighted by atomic mass is 9.82. The van der Waals surface area contributed by atoms with Crippen LogP contribution in [0.2, 0.25) is 0 Å². The third-order valence-corrected chi connectivity index (χ3v) is 7.25. The average molecular weight is 506 g/mol. The summed E-state index contributed by atoms with van der Waals surface area (Å²) in [5.41, 5.74) is 1.06. The molecule has 0 radical (unpaired) electrons. The molecule has 0 amide bonds. The lowest BCUT2D eigenvalue weighted by molar-refractivity contribution is -0.141. The van der Waals surface area contributed by atoms with Crippen molar-refractivity contribution in [1.82, 2.24) is 4.90 Å². The third-order valence-electron chi connectivity index (χ3n) is 7.25. The van der Waals surface area contributed by atoms with E-state index in [2.05, 4.69) is 6.08 Å². The number of nitrogens with zero attached hydrogens (tertiary/aromatic N) is 1. The second-order valence-corrected chi connectivity index (χ2v) is 9.82. The number of benzene rings is 1. The number of carbonyl (C=O) groups is 1. The monoisotopic (exact) mass is 505 g/mol. The Morgan fingerprint density at radius 3 is 2.34 bits per heavy atom. The van der Waals surface area contributed by atoms with Crippen LogP contribution in [0, 0.1) is 5.92 Å². The molecule has 9 heteroatoms. The maximum Gasteiger partial charge on any atom is 0.416 e. The molecule has 1 aliphatic heterocycles. The summed E-state index contributed by atoms with van der Waals surface area (Å²) in [5, 5.41) is 9.26. The van der Waals surface area contributed by atoms with Crippen LogP contribution >= 0.6 is 0 Å². The van der Waals surface area contributed by atoms with Crippen LogP contribution in [0.5, 0.6) is 0 Å². The molecule has 0 spiro atoms. The molecule has 3 rings (SSSR count). The first kappa shape index (κ1) is 27.6. The molecule has 1 aromatic carbocycles. The molecule has 1 unspecified atom stereocenters. The maximum absolute atomic E-state index is 13.2. The number of allylic oxidation sites excluding steroid dienone is 2.